The molecular weight excluding hydrogens is 186 g/mol. The number of piperazine rings is 1. The molecule has 1 saturated heterocycles. The molecule has 1 rings (SSSR count). The van der Waals surface area contributed by atoms with Crippen molar-refractivity contribution >= 4 is 11.9 Å². The van der Waals surface area contributed by atoms with Crippen molar-refractivity contribution in [2.24, 2.45) is 0 Å². The molecule has 0 spiro atoms. The predicted octanol–water partition coefficient (Wildman–Crippen LogP) is -1.91. The second kappa shape index (κ2) is 5.56. The number of nitrogens with zero attached hydrogens (tertiary/aromatic N) is 1. The fourth-order valence-corrected chi connectivity index (χ4v) is 1.29. The van der Waals surface area contributed by atoms with E-state index in [0.717, 1.165) is 6.54 Å². The monoisotopic (exact) mass is 201 g/mol. The molecule has 3 N–H and O–H groups in total. The molecule has 1 fully saturated rings. The lowest BCUT2D eigenvalue weighted by Crippen LogP contribution is -2.50. The zero-order valence-electron chi connectivity index (χ0n) is 7.95. The number of aliphatic carboxylic acids is 1. The molecule has 0 radical (unpaired) electrons. The van der Waals surface area contributed by atoms with Crippen LogP contribution in [0.1, 0.15) is 0 Å². The summed E-state index contributed by atoms with van der Waals surface area (Å²) in [6, 6.07) is 0. The van der Waals surface area contributed by atoms with Crippen LogP contribution in [-0.2, 0) is 9.59 Å². The minimum Gasteiger partial charge on any atom is -0.480 e. The molecule has 0 aromatic rings. The van der Waals surface area contributed by atoms with Gasteiger partial charge in [0, 0.05) is 26.2 Å². The normalized spacial score (nSPS) is 17.1. The van der Waals surface area contributed by atoms with Crippen LogP contribution in [0.15, 0.2) is 0 Å². The largest absolute Gasteiger partial charge is 0.480 e. The van der Waals surface area contributed by atoms with Crippen LogP contribution in [0.2, 0.25) is 0 Å². The van der Waals surface area contributed by atoms with Crippen LogP contribution in [0.5, 0.6) is 0 Å². The Morgan fingerprint density at radius 1 is 1.64 bits per heavy atom. The van der Waals surface area contributed by atoms with Crippen LogP contribution in [0.25, 0.3) is 0 Å². The smallest absolute Gasteiger partial charge is 0.317 e. The molecule has 0 aromatic heterocycles. The van der Waals surface area contributed by atoms with E-state index in [0.29, 0.717) is 26.2 Å². The Hall–Kier alpha value is -1.14. The summed E-state index contributed by atoms with van der Waals surface area (Å²) in [6.45, 7) is 2.95. The molecule has 80 valence electrons. The van der Waals surface area contributed by atoms with Gasteiger partial charge in [0.25, 0.3) is 0 Å². The zero-order chi connectivity index (χ0) is 10.4. The van der Waals surface area contributed by atoms with E-state index in [1.807, 2.05) is 0 Å². The molecule has 0 saturated carbocycles. The third-order valence-corrected chi connectivity index (χ3v) is 2.02. The topological polar surface area (TPSA) is 81.7 Å². The Kier molecular flexibility index (Phi) is 4.34. The minimum atomic E-state index is -0.878. The Labute approximate surface area is 82.3 Å². The van der Waals surface area contributed by atoms with Gasteiger partial charge >= 0.3 is 5.97 Å². The number of hydrogen-bond acceptors (Lipinski definition) is 4. The van der Waals surface area contributed by atoms with Gasteiger partial charge in [0.05, 0.1) is 13.1 Å². The second-order valence-corrected chi connectivity index (χ2v) is 3.13. The van der Waals surface area contributed by atoms with Crippen molar-refractivity contribution in [1.29, 1.82) is 0 Å². The van der Waals surface area contributed by atoms with Gasteiger partial charge in [0.15, 0.2) is 0 Å². The van der Waals surface area contributed by atoms with Crippen molar-refractivity contribution in [3.63, 3.8) is 0 Å². The van der Waals surface area contributed by atoms with Crippen molar-refractivity contribution in [1.82, 2.24) is 15.5 Å². The first kappa shape index (κ1) is 10.9. The molecule has 0 bridgehead atoms. The summed E-state index contributed by atoms with van der Waals surface area (Å²) in [5.74, 6) is -0.801. The van der Waals surface area contributed by atoms with Crippen LogP contribution in [0.4, 0.5) is 0 Å². The van der Waals surface area contributed by atoms with Crippen LogP contribution < -0.4 is 10.6 Å². The summed E-state index contributed by atoms with van der Waals surface area (Å²) < 4.78 is 0. The van der Waals surface area contributed by atoms with Gasteiger partial charge in [-0.15, -0.1) is 0 Å². The summed E-state index contributed by atoms with van der Waals surface area (Å²) in [4.78, 5) is 23.1. The average molecular weight is 201 g/mol. The Morgan fingerprint density at radius 3 is 3.07 bits per heavy atom. The van der Waals surface area contributed by atoms with Gasteiger partial charge in [0.1, 0.15) is 0 Å². The fraction of sp³-hybridized carbons (Fsp3) is 0.750. The number of carbonyl (C=O) groups excluding carboxylic acids is 1. The first-order valence-electron chi connectivity index (χ1n) is 4.61. The number of hydrogen-bond donors (Lipinski definition) is 3. The van der Waals surface area contributed by atoms with E-state index >= 15 is 0 Å². The van der Waals surface area contributed by atoms with Gasteiger partial charge in [-0.3, -0.25) is 9.59 Å². The minimum absolute atomic E-state index is 0.0553. The van der Waals surface area contributed by atoms with Gasteiger partial charge < -0.3 is 20.6 Å². The van der Waals surface area contributed by atoms with E-state index in [4.69, 9.17) is 5.11 Å². The van der Waals surface area contributed by atoms with Gasteiger partial charge in [-0.1, -0.05) is 0 Å². The highest BCUT2D eigenvalue weighted by Crippen LogP contribution is 1.92. The molecular formula is C8H15N3O3. The molecule has 6 heteroatoms. The maximum atomic E-state index is 11.2. The SMILES string of the molecule is O=C(O)CNCCN1CCNCC1=O. The van der Waals surface area contributed by atoms with E-state index in [2.05, 4.69) is 10.6 Å². The van der Waals surface area contributed by atoms with E-state index in [-0.39, 0.29) is 12.5 Å². The third kappa shape index (κ3) is 3.71. The van der Waals surface area contributed by atoms with Crippen molar-refractivity contribution in [2.75, 3.05) is 39.3 Å². The lowest BCUT2D eigenvalue weighted by molar-refractivity contribution is -0.135. The van der Waals surface area contributed by atoms with E-state index in [1.165, 1.54) is 0 Å². The quantitative estimate of drug-likeness (QED) is 0.452. The summed E-state index contributed by atoms with van der Waals surface area (Å²) in [5, 5.41) is 14.1. The number of rotatable bonds is 5. The number of nitrogens with one attached hydrogen (secondary N) is 2. The first-order chi connectivity index (χ1) is 6.70. The number of carboxylic acids is 1. The zero-order valence-corrected chi connectivity index (χ0v) is 7.95. The molecule has 6 nitrogen and oxygen atoms in total. The van der Waals surface area contributed by atoms with Crippen LogP contribution >= 0.6 is 0 Å². The van der Waals surface area contributed by atoms with Crippen molar-refractivity contribution in [3.8, 4) is 0 Å². The van der Waals surface area contributed by atoms with Crippen molar-refractivity contribution in [3.05, 3.63) is 0 Å². The Morgan fingerprint density at radius 2 is 2.43 bits per heavy atom. The summed E-state index contributed by atoms with van der Waals surface area (Å²) in [6.07, 6.45) is 0. The Bertz CT molecular complexity index is 220. The lowest BCUT2D eigenvalue weighted by Gasteiger charge is -2.27. The Balaban J connectivity index is 2.10. The molecule has 14 heavy (non-hydrogen) atoms. The molecule has 0 aliphatic carbocycles. The highest BCUT2D eigenvalue weighted by Gasteiger charge is 2.16. The average Bonchev–Trinajstić information content (AvgIpc) is 2.15. The molecule has 1 amide bonds. The van der Waals surface area contributed by atoms with E-state index in [9.17, 15) is 9.59 Å². The van der Waals surface area contributed by atoms with E-state index < -0.39 is 5.97 Å². The first-order valence-corrected chi connectivity index (χ1v) is 4.61. The molecule has 0 atom stereocenters. The molecule has 0 aromatic carbocycles. The standard InChI is InChI=1S/C8H15N3O3/c12-7-5-9-1-3-11(7)4-2-10-6-8(13)14/h9-10H,1-6H2,(H,13,14). The van der Waals surface area contributed by atoms with Gasteiger partial charge in [-0.05, 0) is 0 Å². The van der Waals surface area contributed by atoms with Crippen molar-refractivity contribution < 1.29 is 14.7 Å². The molecule has 0 unspecified atom stereocenters. The van der Waals surface area contributed by atoms with Gasteiger partial charge in [-0.2, -0.15) is 0 Å². The maximum absolute atomic E-state index is 11.2. The molecule has 1 aliphatic heterocycles. The molecule has 1 aliphatic rings. The molecule has 1 heterocycles. The lowest BCUT2D eigenvalue weighted by atomic mass is 10.3. The van der Waals surface area contributed by atoms with Gasteiger partial charge in [0.2, 0.25) is 5.91 Å². The number of carboxylic acid groups (broad SMARTS) is 1. The third-order valence-electron chi connectivity index (χ3n) is 2.02. The predicted molar refractivity (Wildman–Crippen MR) is 50.0 cm³/mol. The van der Waals surface area contributed by atoms with E-state index in [1.54, 1.807) is 4.90 Å². The van der Waals surface area contributed by atoms with Gasteiger partial charge in [-0.25, -0.2) is 0 Å². The second-order valence-electron chi connectivity index (χ2n) is 3.13. The number of carbonyl (C=O) groups is 2. The highest BCUT2D eigenvalue weighted by molar-refractivity contribution is 5.79. The summed E-state index contributed by atoms with van der Waals surface area (Å²) in [7, 11) is 0. The number of amides is 1. The fourth-order valence-electron chi connectivity index (χ4n) is 1.29. The van der Waals surface area contributed by atoms with Crippen LogP contribution in [0, 0.1) is 0 Å². The highest BCUT2D eigenvalue weighted by atomic mass is 16.4. The van der Waals surface area contributed by atoms with Crippen LogP contribution in [0.3, 0.4) is 0 Å². The maximum Gasteiger partial charge on any atom is 0.317 e. The summed E-state index contributed by atoms with van der Waals surface area (Å²) >= 11 is 0. The van der Waals surface area contributed by atoms with Crippen molar-refractivity contribution in [2.45, 2.75) is 0 Å². The summed E-state index contributed by atoms with van der Waals surface area (Å²) in [5.41, 5.74) is 0. The van der Waals surface area contributed by atoms with Crippen LogP contribution in [-0.4, -0.2) is 61.2 Å².